The number of carbonyl (C=O) groups is 1. The summed E-state index contributed by atoms with van der Waals surface area (Å²) in [6.45, 7) is 3.76. The molecule has 6 nitrogen and oxygen atoms in total. The van der Waals surface area contributed by atoms with E-state index in [1.165, 1.54) is 0 Å². The smallest absolute Gasteiger partial charge is 0.250 e. The fourth-order valence-electron chi connectivity index (χ4n) is 3.89. The number of rotatable bonds is 3. The van der Waals surface area contributed by atoms with Gasteiger partial charge in [-0.3, -0.25) is 14.5 Å². The summed E-state index contributed by atoms with van der Waals surface area (Å²) >= 11 is 1.67. The highest BCUT2D eigenvalue weighted by molar-refractivity contribution is 7.09. The summed E-state index contributed by atoms with van der Waals surface area (Å²) in [6, 6.07) is 0.422. The maximum atomic E-state index is 12.8. The van der Waals surface area contributed by atoms with Crippen molar-refractivity contribution in [2.24, 2.45) is 5.92 Å². The SMILES string of the molecule is O=C([C@@H]1C[C@@H]2OCC[C@@H]2N(Cc2nccs2)C1)N1CCCCO1. The van der Waals surface area contributed by atoms with Crippen LogP contribution in [0.3, 0.4) is 0 Å². The van der Waals surface area contributed by atoms with Crippen LogP contribution in [0, 0.1) is 5.92 Å². The molecule has 1 amide bonds. The molecular weight excluding hydrogens is 314 g/mol. The van der Waals surface area contributed by atoms with Gasteiger partial charge in [-0.25, -0.2) is 10.0 Å². The van der Waals surface area contributed by atoms with Gasteiger partial charge in [0.1, 0.15) is 5.01 Å². The summed E-state index contributed by atoms with van der Waals surface area (Å²) in [5, 5.41) is 4.70. The van der Waals surface area contributed by atoms with E-state index < -0.39 is 0 Å². The predicted molar refractivity (Wildman–Crippen MR) is 85.7 cm³/mol. The lowest BCUT2D eigenvalue weighted by molar-refractivity contribution is -0.204. The molecule has 0 aromatic carbocycles. The Morgan fingerprint density at radius 2 is 2.35 bits per heavy atom. The van der Waals surface area contributed by atoms with E-state index in [2.05, 4.69) is 9.88 Å². The maximum Gasteiger partial charge on any atom is 0.250 e. The van der Waals surface area contributed by atoms with Gasteiger partial charge in [0.15, 0.2) is 0 Å². The largest absolute Gasteiger partial charge is 0.377 e. The zero-order valence-electron chi connectivity index (χ0n) is 13.2. The molecule has 4 heterocycles. The molecule has 126 valence electrons. The van der Waals surface area contributed by atoms with Gasteiger partial charge in [0.25, 0.3) is 5.91 Å². The second kappa shape index (κ2) is 6.84. The van der Waals surface area contributed by atoms with Crippen molar-refractivity contribution in [2.45, 2.75) is 44.4 Å². The number of hydroxylamine groups is 2. The summed E-state index contributed by atoms with van der Waals surface area (Å²) in [4.78, 5) is 25.2. The van der Waals surface area contributed by atoms with Crippen LogP contribution in [-0.4, -0.2) is 59.3 Å². The average Bonchev–Trinajstić information content (AvgIpc) is 3.26. The molecule has 0 spiro atoms. The number of amides is 1. The third-order valence-corrected chi connectivity index (χ3v) is 5.80. The molecule has 3 aliphatic heterocycles. The van der Waals surface area contributed by atoms with Crippen LogP contribution in [0.1, 0.15) is 30.7 Å². The first-order valence-corrected chi connectivity index (χ1v) is 9.37. The number of hydrogen-bond donors (Lipinski definition) is 0. The van der Waals surface area contributed by atoms with Crippen molar-refractivity contribution in [1.82, 2.24) is 14.9 Å². The number of fused-ring (bicyclic) bond motifs is 1. The zero-order valence-corrected chi connectivity index (χ0v) is 14.0. The minimum absolute atomic E-state index is 0.0348. The molecule has 3 saturated heterocycles. The summed E-state index contributed by atoms with van der Waals surface area (Å²) in [6.07, 6.45) is 5.95. The van der Waals surface area contributed by atoms with Gasteiger partial charge in [-0.1, -0.05) is 0 Å². The Kier molecular flexibility index (Phi) is 4.61. The predicted octanol–water partition coefficient (Wildman–Crippen LogP) is 1.68. The molecule has 0 unspecified atom stereocenters. The van der Waals surface area contributed by atoms with Crippen molar-refractivity contribution in [3.05, 3.63) is 16.6 Å². The van der Waals surface area contributed by atoms with Gasteiger partial charge >= 0.3 is 0 Å². The first-order chi connectivity index (χ1) is 11.3. The second-order valence-corrected chi connectivity index (χ2v) is 7.51. The number of likely N-dealkylation sites (tertiary alicyclic amines) is 1. The Morgan fingerprint density at radius 3 is 3.13 bits per heavy atom. The van der Waals surface area contributed by atoms with E-state index in [0.717, 1.165) is 56.9 Å². The summed E-state index contributed by atoms with van der Waals surface area (Å²) in [7, 11) is 0. The lowest BCUT2D eigenvalue weighted by Gasteiger charge is -2.41. The van der Waals surface area contributed by atoms with Crippen molar-refractivity contribution in [3.8, 4) is 0 Å². The number of nitrogens with zero attached hydrogens (tertiary/aromatic N) is 3. The molecule has 3 atom stereocenters. The van der Waals surface area contributed by atoms with Gasteiger partial charge < -0.3 is 4.74 Å². The maximum absolute atomic E-state index is 12.8. The molecule has 4 rings (SSSR count). The van der Waals surface area contributed by atoms with Crippen molar-refractivity contribution in [2.75, 3.05) is 26.3 Å². The lowest BCUT2D eigenvalue weighted by atomic mass is 9.89. The van der Waals surface area contributed by atoms with E-state index in [1.807, 2.05) is 11.6 Å². The Labute approximate surface area is 140 Å². The first kappa shape index (κ1) is 15.5. The Hall–Kier alpha value is -1.02. The molecule has 3 fully saturated rings. The van der Waals surface area contributed by atoms with Gasteiger partial charge in [-0.05, 0) is 25.7 Å². The van der Waals surface area contributed by atoms with Crippen LogP contribution in [-0.2, 0) is 20.9 Å². The normalized spacial score (nSPS) is 32.0. The lowest BCUT2D eigenvalue weighted by Crippen LogP contribution is -2.53. The molecule has 1 aromatic heterocycles. The summed E-state index contributed by atoms with van der Waals surface area (Å²) in [5.74, 6) is 0.0928. The molecule has 3 aliphatic rings. The van der Waals surface area contributed by atoms with Gasteiger partial charge in [0.2, 0.25) is 0 Å². The van der Waals surface area contributed by atoms with Crippen LogP contribution >= 0.6 is 11.3 Å². The minimum atomic E-state index is -0.0348. The number of hydrogen-bond acceptors (Lipinski definition) is 6. The molecule has 23 heavy (non-hydrogen) atoms. The topological polar surface area (TPSA) is 54.9 Å². The number of carbonyl (C=O) groups excluding carboxylic acids is 1. The van der Waals surface area contributed by atoms with E-state index in [0.29, 0.717) is 12.6 Å². The van der Waals surface area contributed by atoms with E-state index in [-0.39, 0.29) is 17.9 Å². The quantitative estimate of drug-likeness (QED) is 0.840. The Morgan fingerprint density at radius 1 is 1.39 bits per heavy atom. The molecule has 0 radical (unpaired) electrons. The number of piperidine rings is 1. The van der Waals surface area contributed by atoms with Crippen molar-refractivity contribution in [1.29, 1.82) is 0 Å². The molecule has 1 aromatic rings. The van der Waals surface area contributed by atoms with Crippen molar-refractivity contribution in [3.63, 3.8) is 0 Å². The summed E-state index contributed by atoms with van der Waals surface area (Å²) in [5.41, 5.74) is 0. The molecule has 0 aliphatic carbocycles. The van der Waals surface area contributed by atoms with Gasteiger partial charge in [0.05, 0.1) is 25.2 Å². The van der Waals surface area contributed by atoms with Crippen LogP contribution in [0.15, 0.2) is 11.6 Å². The monoisotopic (exact) mass is 337 g/mol. The van der Waals surface area contributed by atoms with E-state index in [9.17, 15) is 4.79 Å². The van der Waals surface area contributed by atoms with Crippen LogP contribution in [0.25, 0.3) is 0 Å². The van der Waals surface area contributed by atoms with Gasteiger partial charge in [-0.2, -0.15) is 0 Å². The van der Waals surface area contributed by atoms with E-state index in [4.69, 9.17) is 9.57 Å². The van der Waals surface area contributed by atoms with Crippen LogP contribution < -0.4 is 0 Å². The van der Waals surface area contributed by atoms with Crippen LogP contribution in [0.5, 0.6) is 0 Å². The van der Waals surface area contributed by atoms with E-state index >= 15 is 0 Å². The van der Waals surface area contributed by atoms with Crippen molar-refractivity contribution >= 4 is 17.2 Å². The van der Waals surface area contributed by atoms with E-state index in [1.54, 1.807) is 16.4 Å². The highest BCUT2D eigenvalue weighted by Crippen LogP contribution is 2.33. The zero-order chi connectivity index (χ0) is 15.6. The molecule has 0 saturated carbocycles. The highest BCUT2D eigenvalue weighted by atomic mass is 32.1. The molecular formula is C16H23N3O3S. The van der Waals surface area contributed by atoms with Gasteiger partial charge in [-0.15, -0.1) is 11.3 Å². The summed E-state index contributed by atoms with van der Waals surface area (Å²) < 4.78 is 5.90. The Balaban J connectivity index is 1.46. The number of thiazole rings is 1. The van der Waals surface area contributed by atoms with Crippen molar-refractivity contribution < 1.29 is 14.4 Å². The third-order valence-electron chi connectivity index (χ3n) is 5.03. The molecule has 0 N–H and O–H groups in total. The number of aromatic nitrogens is 1. The number of ether oxygens (including phenoxy) is 1. The highest BCUT2D eigenvalue weighted by Gasteiger charge is 2.43. The van der Waals surface area contributed by atoms with Crippen LogP contribution in [0.2, 0.25) is 0 Å². The standard InChI is InChI=1S/C16H23N3O3S/c20-16(19-5-1-2-6-22-19)12-9-14-13(3-7-21-14)18(10-12)11-15-17-4-8-23-15/h4,8,12-14H,1-3,5-7,9-11H2/t12-,13+,14+/m1/s1. The molecule has 0 bridgehead atoms. The second-order valence-electron chi connectivity index (χ2n) is 6.53. The molecule has 7 heteroatoms. The van der Waals surface area contributed by atoms with Gasteiger partial charge in [0, 0.05) is 37.3 Å². The fraction of sp³-hybridized carbons (Fsp3) is 0.750. The first-order valence-electron chi connectivity index (χ1n) is 8.49. The fourth-order valence-corrected chi connectivity index (χ4v) is 4.53. The average molecular weight is 337 g/mol. The van der Waals surface area contributed by atoms with Crippen LogP contribution in [0.4, 0.5) is 0 Å². The minimum Gasteiger partial charge on any atom is -0.377 e. The third kappa shape index (κ3) is 3.28. The Bertz CT molecular complexity index is 533.